The van der Waals surface area contributed by atoms with Gasteiger partial charge in [0.2, 0.25) is 0 Å². The van der Waals surface area contributed by atoms with Crippen LogP contribution in [-0.2, 0) is 0 Å². The summed E-state index contributed by atoms with van der Waals surface area (Å²) >= 11 is 6.16. The van der Waals surface area contributed by atoms with Crippen molar-refractivity contribution in [3.8, 4) is 5.75 Å². The molecule has 1 aliphatic carbocycles. The van der Waals surface area contributed by atoms with Gasteiger partial charge in [-0.2, -0.15) is 0 Å². The van der Waals surface area contributed by atoms with Gasteiger partial charge in [-0.3, -0.25) is 0 Å². The predicted molar refractivity (Wildman–Crippen MR) is 69.6 cm³/mol. The lowest BCUT2D eigenvalue weighted by Gasteiger charge is -2.24. The molecule has 3 heteroatoms. The molecule has 0 amide bonds. The summed E-state index contributed by atoms with van der Waals surface area (Å²) in [5.41, 5.74) is 0. The van der Waals surface area contributed by atoms with Crippen LogP contribution in [0.1, 0.15) is 19.3 Å². The minimum Gasteiger partial charge on any atom is -0.488 e. The fourth-order valence-corrected chi connectivity index (χ4v) is 2.83. The van der Waals surface area contributed by atoms with E-state index in [2.05, 4.69) is 5.32 Å². The second kappa shape index (κ2) is 4.87. The van der Waals surface area contributed by atoms with Crippen molar-refractivity contribution in [3.05, 3.63) is 29.3 Å². The second-order valence-corrected chi connectivity index (χ2v) is 5.51. The molecule has 1 aromatic carbocycles. The first-order valence-electron chi connectivity index (χ1n) is 6.46. The number of ether oxygens (including phenoxy) is 1. The molecule has 1 unspecified atom stereocenters. The van der Waals surface area contributed by atoms with Crippen molar-refractivity contribution in [3.63, 3.8) is 0 Å². The summed E-state index contributed by atoms with van der Waals surface area (Å²) in [6.07, 6.45) is 4.20. The molecule has 0 bridgehead atoms. The average Bonchev–Trinajstić information content (AvgIpc) is 3.03. The first kappa shape index (κ1) is 11.4. The second-order valence-electron chi connectivity index (χ2n) is 5.10. The van der Waals surface area contributed by atoms with Crippen LogP contribution in [0.25, 0.3) is 0 Å². The minimum absolute atomic E-state index is 0.352. The Hall–Kier alpha value is -0.730. The van der Waals surface area contributed by atoms with E-state index in [0.29, 0.717) is 12.0 Å². The van der Waals surface area contributed by atoms with Crippen LogP contribution in [0.3, 0.4) is 0 Å². The Labute approximate surface area is 107 Å². The van der Waals surface area contributed by atoms with Gasteiger partial charge in [0.05, 0.1) is 5.02 Å². The van der Waals surface area contributed by atoms with Crippen molar-refractivity contribution in [2.45, 2.75) is 25.4 Å². The third kappa shape index (κ3) is 2.58. The van der Waals surface area contributed by atoms with Crippen molar-refractivity contribution >= 4 is 11.6 Å². The molecule has 1 aromatic rings. The normalized spacial score (nSPS) is 25.8. The number of hydrogen-bond donors (Lipinski definition) is 1. The molecule has 0 aromatic heterocycles. The molecule has 2 fully saturated rings. The first-order chi connectivity index (χ1) is 8.34. The van der Waals surface area contributed by atoms with Gasteiger partial charge < -0.3 is 10.1 Å². The van der Waals surface area contributed by atoms with Gasteiger partial charge in [0.15, 0.2) is 0 Å². The molecule has 2 nitrogen and oxygen atoms in total. The van der Waals surface area contributed by atoms with Gasteiger partial charge in [0.25, 0.3) is 0 Å². The van der Waals surface area contributed by atoms with Gasteiger partial charge in [-0.1, -0.05) is 23.7 Å². The van der Waals surface area contributed by atoms with Gasteiger partial charge in [-0.15, -0.1) is 0 Å². The Morgan fingerprint density at radius 3 is 2.65 bits per heavy atom. The van der Waals surface area contributed by atoms with Gasteiger partial charge >= 0.3 is 0 Å². The van der Waals surface area contributed by atoms with E-state index >= 15 is 0 Å². The van der Waals surface area contributed by atoms with Crippen LogP contribution in [0.15, 0.2) is 24.3 Å². The smallest absolute Gasteiger partial charge is 0.138 e. The Morgan fingerprint density at radius 1 is 1.18 bits per heavy atom. The van der Waals surface area contributed by atoms with Crippen LogP contribution in [0.2, 0.25) is 5.02 Å². The lowest BCUT2D eigenvalue weighted by Crippen LogP contribution is -2.30. The van der Waals surface area contributed by atoms with E-state index < -0.39 is 0 Å². The van der Waals surface area contributed by atoms with E-state index in [9.17, 15) is 0 Å². The van der Waals surface area contributed by atoms with Crippen molar-refractivity contribution in [2.75, 3.05) is 13.1 Å². The Bertz CT molecular complexity index is 386. The summed E-state index contributed by atoms with van der Waals surface area (Å²) in [6.45, 7) is 2.21. The van der Waals surface area contributed by atoms with Crippen molar-refractivity contribution in [1.29, 1.82) is 0 Å². The van der Waals surface area contributed by atoms with Gasteiger partial charge in [-0.05, 0) is 43.9 Å². The van der Waals surface area contributed by atoms with Gasteiger partial charge in [0, 0.05) is 12.5 Å². The zero-order valence-electron chi connectivity index (χ0n) is 9.86. The maximum absolute atomic E-state index is 6.18. The van der Waals surface area contributed by atoms with Crippen LogP contribution in [0.5, 0.6) is 5.75 Å². The minimum atomic E-state index is 0.352. The Kier molecular flexibility index (Phi) is 3.26. The summed E-state index contributed by atoms with van der Waals surface area (Å²) in [6, 6.07) is 7.80. The highest BCUT2D eigenvalue weighted by Crippen LogP contribution is 2.40. The van der Waals surface area contributed by atoms with Gasteiger partial charge in [0.1, 0.15) is 11.9 Å². The van der Waals surface area contributed by atoms with E-state index in [1.807, 2.05) is 24.3 Å². The first-order valence-corrected chi connectivity index (χ1v) is 6.84. The molecule has 92 valence electrons. The number of rotatable bonds is 4. The molecule has 17 heavy (non-hydrogen) atoms. The van der Waals surface area contributed by atoms with E-state index in [1.54, 1.807) is 0 Å². The fraction of sp³-hybridized carbons (Fsp3) is 0.571. The molecule has 1 saturated carbocycles. The van der Waals surface area contributed by atoms with Crippen LogP contribution >= 0.6 is 11.6 Å². The number of benzene rings is 1. The summed E-state index contributed by atoms with van der Waals surface area (Å²) in [7, 11) is 0. The summed E-state index contributed by atoms with van der Waals surface area (Å²) in [5, 5.41) is 4.15. The highest BCUT2D eigenvalue weighted by molar-refractivity contribution is 6.32. The van der Waals surface area contributed by atoms with E-state index in [4.69, 9.17) is 16.3 Å². The molecular weight excluding hydrogens is 234 g/mol. The quantitative estimate of drug-likeness (QED) is 0.888. The third-order valence-corrected chi connectivity index (χ3v) is 4.06. The van der Waals surface area contributed by atoms with Crippen LogP contribution in [0, 0.1) is 11.8 Å². The number of halogens is 1. The van der Waals surface area contributed by atoms with Crippen molar-refractivity contribution in [1.82, 2.24) is 5.32 Å². The molecule has 1 saturated heterocycles. The number of nitrogens with one attached hydrogen (secondary N) is 1. The molecule has 1 aliphatic heterocycles. The molecular formula is C14H18ClNO. The molecule has 2 aliphatic rings. The lowest BCUT2D eigenvalue weighted by atomic mass is 9.97. The van der Waals surface area contributed by atoms with Gasteiger partial charge in [-0.25, -0.2) is 0 Å². The van der Waals surface area contributed by atoms with Crippen LogP contribution in [-0.4, -0.2) is 19.2 Å². The van der Waals surface area contributed by atoms with E-state index in [0.717, 1.165) is 29.8 Å². The van der Waals surface area contributed by atoms with E-state index in [1.165, 1.54) is 19.3 Å². The molecule has 0 radical (unpaired) electrons. The highest BCUT2D eigenvalue weighted by atomic mass is 35.5. The topological polar surface area (TPSA) is 21.3 Å². The molecule has 0 spiro atoms. The maximum atomic E-state index is 6.18. The molecule has 1 heterocycles. The molecule has 2 atom stereocenters. The zero-order valence-corrected chi connectivity index (χ0v) is 10.6. The predicted octanol–water partition coefficient (Wildman–Crippen LogP) is 3.11. The third-order valence-electron chi connectivity index (χ3n) is 3.75. The monoisotopic (exact) mass is 251 g/mol. The lowest BCUT2D eigenvalue weighted by molar-refractivity contribution is 0.121. The summed E-state index contributed by atoms with van der Waals surface area (Å²) < 4.78 is 6.18. The molecule has 3 rings (SSSR count). The Balaban J connectivity index is 1.74. The highest BCUT2D eigenvalue weighted by Gasteiger charge is 2.39. The van der Waals surface area contributed by atoms with Crippen molar-refractivity contribution in [2.24, 2.45) is 11.8 Å². The standard InChI is InChI=1S/C14H18ClNO/c15-12-3-1-2-4-13(12)17-14(10-5-6-10)11-7-8-16-9-11/h1-4,10-11,14,16H,5-9H2/t11-,14?/m0/s1. The number of hydrogen-bond acceptors (Lipinski definition) is 2. The fourth-order valence-electron chi connectivity index (χ4n) is 2.65. The molecule has 1 N–H and O–H groups in total. The van der Waals surface area contributed by atoms with Crippen molar-refractivity contribution < 1.29 is 4.74 Å². The van der Waals surface area contributed by atoms with Crippen LogP contribution in [0.4, 0.5) is 0 Å². The zero-order chi connectivity index (χ0) is 11.7. The van der Waals surface area contributed by atoms with E-state index in [-0.39, 0.29) is 0 Å². The average molecular weight is 252 g/mol. The number of para-hydroxylation sites is 1. The maximum Gasteiger partial charge on any atom is 0.138 e. The SMILES string of the molecule is Clc1ccccc1OC(C1CC1)[C@H]1CCNC1. The van der Waals surface area contributed by atoms with Crippen LogP contribution < -0.4 is 10.1 Å². The summed E-state index contributed by atoms with van der Waals surface area (Å²) in [4.78, 5) is 0. The summed E-state index contributed by atoms with van der Waals surface area (Å²) in [5.74, 6) is 2.24. The Morgan fingerprint density at radius 2 is 2.00 bits per heavy atom. The largest absolute Gasteiger partial charge is 0.488 e.